The lowest BCUT2D eigenvalue weighted by atomic mass is 10.3. The molecule has 0 atom stereocenters. The highest BCUT2D eigenvalue weighted by Crippen LogP contribution is 2.43. The Labute approximate surface area is 51.3 Å². The molecule has 1 saturated heterocycles. The van der Waals surface area contributed by atoms with Gasteiger partial charge in [-0.1, -0.05) is 0 Å². The predicted octanol–water partition coefficient (Wildman–Crippen LogP) is 1.74. The minimum atomic E-state index is -2.14. The summed E-state index contributed by atoms with van der Waals surface area (Å²) in [5.74, 6) is 1.14. The monoisotopic (exact) mass is 135 g/mol. The van der Waals surface area contributed by atoms with E-state index in [0.717, 1.165) is 12.8 Å². The van der Waals surface area contributed by atoms with Crippen LogP contribution in [-0.4, -0.2) is 20.6 Å². The minimum Gasteiger partial charge on any atom is -0.299 e. The van der Waals surface area contributed by atoms with E-state index in [9.17, 15) is 0 Å². The van der Waals surface area contributed by atoms with Gasteiger partial charge in [-0.2, -0.15) is 10.6 Å². The van der Waals surface area contributed by atoms with Crippen LogP contribution in [0.5, 0.6) is 0 Å². The molecular formula is C5H11O2S. The third kappa shape index (κ3) is 1.65. The van der Waals surface area contributed by atoms with Crippen molar-refractivity contribution in [1.29, 1.82) is 0 Å². The summed E-state index contributed by atoms with van der Waals surface area (Å²) < 4.78 is 18.0. The van der Waals surface area contributed by atoms with Crippen LogP contribution in [-0.2, 0) is 0 Å². The molecule has 0 aromatic carbocycles. The van der Waals surface area contributed by atoms with Crippen LogP contribution in [0.4, 0.5) is 0 Å². The maximum Gasteiger partial charge on any atom is 0.0405 e. The van der Waals surface area contributed by atoms with E-state index in [-0.39, 0.29) is 0 Å². The first kappa shape index (κ1) is 6.39. The van der Waals surface area contributed by atoms with Crippen molar-refractivity contribution in [3.63, 3.8) is 0 Å². The van der Waals surface area contributed by atoms with E-state index in [0.29, 0.717) is 11.5 Å². The highest BCUT2D eigenvalue weighted by molar-refractivity contribution is 8.24. The summed E-state index contributed by atoms with van der Waals surface area (Å²) >= 11 is 0. The Morgan fingerprint density at radius 2 is 2.12 bits per heavy atom. The van der Waals surface area contributed by atoms with Gasteiger partial charge in [0, 0.05) is 11.5 Å². The minimum absolute atomic E-state index is 0.521. The molecule has 1 rings (SSSR count). The molecule has 1 heterocycles. The Hall–Kier alpha value is 0.270. The van der Waals surface area contributed by atoms with Crippen LogP contribution in [0.25, 0.3) is 0 Å². The van der Waals surface area contributed by atoms with Crippen molar-refractivity contribution < 1.29 is 9.11 Å². The van der Waals surface area contributed by atoms with Gasteiger partial charge in [-0.25, -0.2) is 0 Å². The largest absolute Gasteiger partial charge is 0.299 e. The Kier molecular flexibility index (Phi) is 1.80. The Bertz CT molecular complexity index is 74.5. The van der Waals surface area contributed by atoms with Crippen molar-refractivity contribution in [1.82, 2.24) is 0 Å². The Morgan fingerprint density at radius 1 is 1.38 bits per heavy atom. The van der Waals surface area contributed by atoms with Gasteiger partial charge in [-0.3, -0.25) is 9.11 Å². The zero-order valence-corrected chi connectivity index (χ0v) is 5.52. The van der Waals surface area contributed by atoms with Crippen LogP contribution in [0.3, 0.4) is 0 Å². The molecule has 2 nitrogen and oxygen atoms in total. The van der Waals surface area contributed by atoms with Gasteiger partial charge in [-0.05, 0) is 19.3 Å². The van der Waals surface area contributed by atoms with Gasteiger partial charge in [0.05, 0.1) is 0 Å². The summed E-state index contributed by atoms with van der Waals surface area (Å²) in [4.78, 5) is 0. The van der Waals surface area contributed by atoms with Gasteiger partial charge in [0.15, 0.2) is 0 Å². The molecule has 8 heavy (non-hydrogen) atoms. The van der Waals surface area contributed by atoms with Crippen molar-refractivity contribution >= 4 is 10.6 Å². The number of hydrogen-bond donors (Lipinski definition) is 2. The SMILES string of the molecule is OS1(O)C[CH]CCC1. The molecule has 0 unspecified atom stereocenters. The zero-order chi connectivity index (χ0) is 6.04. The molecule has 0 aromatic heterocycles. The topological polar surface area (TPSA) is 40.5 Å². The maximum absolute atomic E-state index is 8.98. The van der Waals surface area contributed by atoms with Crippen molar-refractivity contribution in [2.24, 2.45) is 0 Å². The quantitative estimate of drug-likeness (QED) is 0.531. The summed E-state index contributed by atoms with van der Waals surface area (Å²) in [6.07, 6.45) is 3.96. The second-order valence-electron chi connectivity index (χ2n) is 2.10. The summed E-state index contributed by atoms with van der Waals surface area (Å²) in [7, 11) is -2.14. The molecule has 0 spiro atoms. The van der Waals surface area contributed by atoms with Crippen molar-refractivity contribution in [3.05, 3.63) is 6.42 Å². The molecule has 3 heteroatoms. The van der Waals surface area contributed by atoms with E-state index in [1.165, 1.54) is 0 Å². The third-order valence-corrected chi connectivity index (χ3v) is 2.98. The first-order valence-electron chi connectivity index (χ1n) is 2.76. The van der Waals surface area contributed by atoms with Crippen LogP contribution < -0.4 is 0 Å². The predicted molar refractivity (Wildman–Crippen MR) is 36.1 cm³/mol. The fraction of sp³-hybridized carbons (Fsp3) is 0.800. The average Bonchev–Trinajstić information content (AvgIpc) is 1.65. The molecular weight excluding hydrogens is 124 g/mol. The van der Waals surface area contributed by atoms with Gasteiger partial charge >= 0.3 is 0 Å². The molecule has 2 N–H and O–H groups in total. The molecule has 1 aliphatic heterocycles. The Morgan fingerprint density at radius 3 is 2.38 bits per heavy atom. The first-order chi connectivity index (χ1) is 3.71. The molecule has 0 amide bonds. The van der Waals surface area contributed by atoms with E-state index < -0.39 is 10.6 Å². The van der Waals surface area contributed by atoms with Gasteiger partial charge in [0.1, 0.15) is 0 Å². The van der Waals surface area contributed by atoms with E-state index in [4.69, 9.17) is 9.11 Å². The van der Waals surface area contributed by atoms with Crippen LogP contribution in [0.1, 0.15) is 12.8 Å². The summed E-state index contributed by atoms with van der Waals surface area (Å²) in [5, 5.41) is 0. The van der Waals surface area contributed by atoms with Crippen molar-refractivity contribution in [2.45, 2.75) is 12.8 Å². The van der Waals surface area contributed by atoms with E-state index in [1.54, 1.807) is 0 Å². The molecule has 0 aromatic rings. The second kappa shape index (κ2) is 2.25. The fourth-order valence-electron chi connectivity index (χ4n) is 0.814. The van der Waals surface area contributed by atoms with Crippen LogP contribution in [0, 0.1) is 6.42 Å². The molecule has 49 valence electrons. The van der Waals surface area contributed by atoms with Crippen LogP contribution >= 0.6 is 10.6 Å². The molecule has 1 radical (unpaired) electrons. The standard InChI is InChI=1S/C5H11O2S/c6-8(7)4-2-1-3-5-8/h2,6-7H,1,3-5H2. The molecule has 0 saturated carbocycles. The second-order valence-corrected chi connectivity index (χ2v) is 4.45. The lowest BCUT2D eigenvalue weighted by Crippen LogP contribution is -2.12. The van der Waals surface area contributed by atoms with Gasteiger partial charge in [-0.15, -0.1) is 0 Å². The van der Waals surface area contributed by atoms with Crippen LogP contribution in [0.2, 0.25) is 0 Å². The normalized spacial score (nSPS) is 31.8. The number of hydrogen-bond acceptors (Lipinski definition) is 2. The van der Waals surface area contributed by atoms with Crippen molar-refractivity contribution in [2.75, 3.05) is 11.5 Å². The highest BCUT2D eigenvalue weighted by Gasteiger charge is 2.15. The first-order valence-corrected chi connectivity index (χ1v) is 4.64. The lowest BCUT2D eigenvalue weighted by molar-refractivity contribution is 0.480. The van der Waals surface area contributed by atoms with Gasteiger partial charge < -0.3 is 0 Å². The number of rotatable bonds is 0. The van der Waals surface area contributed by atoms with E-state index >= 15 is 0 Å². The zero-order valence-electron chi connectivity index (χ0n) is 4.71. The van der Waals surface area contributed by atoms with Gasteiger partial charge in [0.2, 0.25) is 0 Å². The maximum atomic E-state index is 8.98. The summed E-state index contributed by atoms with van der Waals surface area (Å²) in [6.45, 7) is 0. The molecule has 0 bridgehead atoms. The molecule has 0 aliphatic carbocycles. The summed E-state index contributed by atoms with van der Waals surface area (Å²) in [5.41, 5.74) is 0. The van der Waals surface area contributed by atoms with Gasteiger partial charge in [0.25, 0.3) is 0 Å². The molecule has 1 fully saturated rings. The molecule has 1 aliphatic rings. The summed E-state index contributed by atoms with van der Waals surface area (Å²) in [6, 6.07) is 0. The van der Waals surface area contributed by atoms with E-state index in [2.05, 4.69) is 0 Å². The third-order valence-electron chi connectivity index (χ3n) is 1.26. The Balaban J connectivity index is 2.33. The smallest absolute Gasteiger partial charge is 0.0405 e. The van der Waals surface area contributed by atoms with E-state index in [1.807, 2.05) is 6.42 Å². The van der Waals surface area contributed by atoms with Crippen LogP contribution in [0.15, 0.2) is 0 Å². The van der Waals surface area contributed by atoms with Crippen molar-refractivity contribution in [3.8, 4) is 0 Å². The lowest BCUT2D eigenvalue weighted by Gasteiger charge is -2.35. The fourth-order valence-corrected chi connectivity index (χ4v) is 2.15. The average molecular weight is 135 g/mol. The highest BCUT2D eigenvalue weighted by atomic mass is 32.3.